The molecule has 1 aliphatic rings. The Hall–Kier alpha value is -2.05. The van der Waals surface area contributed by atoms with Crippen molar-refractivity contribution in [3.05, 3.63) is 34.9 Å². The summed E-state index contributed by atoms with van der Waals surface area (Å²) in [5.41, 5.74) is 1.31. The van der Waals surface area contributed by atoms with E-state index in [0.29, 0.717) is 11.1 Å². The van der Waals surface area contributed by atoms with Gasteiger partial charge in [0.2, 0.25) is 0 Å². The van der Waals surface area contributed by atoms with Gasteiger partial charge in [0.25, 0.3) is 0 Å². The van der Waals surface area contributed by atoms with E-state index in [9.17, 15) is 22.8 Å². The van der Waals surface area contributed by atoms with E-state index in [2.05, 4.69) is 0 Å². The van der Waals surface area contributed by atoms with Gasteiger partial charge < -0.3 is 10.0 Å². The van der Waals surface area contributed by atoms with Crippen molar-refractivity contribution >= 4 is 11.9 Å². The molecule has 0 saturated heterocycles. The summed E-state index contributed by atoms with van der Waals surface area (Å²) < 4.78 is 37.5. The number of alkyl halides is 3. The molecule has 1 atom stereocenters. The number of carboxylic acids is 1. The zero-order valence-electron chi connectivity index (χ0n) is 10.6. The number of carbonyl (C=O) groups is 2. The highest BCUT2D eigenvalue weighted by Crippen LogP contribution is 2.33. The lowest BCUT2D eigenvalue weighted by atomic mass is 9.92. The molecule has 1 aliphatic heterocycles. The minimum atomic E-state index is -4.90. The normalized spacial score (nSPS) is 18.6. The van der Waals surface area contributed by atoms with Crippen LogP contribution in [0.5, 0.6) is 0 Å². The Morgan fingerprint density at radius 2 is 2.00 bits per heavy atom. The average Bonchev–Trinajstić information content (AvgIpc) is 2.37. The second-order valence-electron chi connectivity index (χ2n) is 4.64. The Labute approximate surface area is 112 Å². The van der Waals surface area contributed by atoms with Crippen molar-refractivity contribution < 1.29 is 27.9 Å². The van der Waals surface area contributed by atoms with E-state index in [0.717, 1.165) is 4.90 Å². The first kappa shape index (κ1) is 14.4. The maximum absolute atomic E-state index is 12.5. The van der Waals surface area contributed by atoms with Crippen LogP contribution in [0.25, 0.3) is 0 Å². The predicted octanol–water partition coefficient (Wildman–Crippen LogP) is 2.39. The predicted molar refractivity (Wildman–Crippen MR) is 63.3 cm³/mol. The van der Waals surface area contributed by atoms with Crippen LogP contribution in [0.3, 0.4) is 0 Å². The maximum Gasteiger partial charge on any atom is 0.471 e. The molecule has 1 heterocycles. The van der Waals surface area contributed by atoms with Crippen LogP contribution in [0, 0.1) is 0 Å². The molecule has 0 bridgehead atoms. The van der Waals surface area contributed by atoms with Gasteiger partial charge in [0.1, 0.15) is 0 Å². The number of hydrogen-bond donors (Lipinski definition) is 1. The highest BCUT2D eigenvalue weighted by atomic mass is 19.4. The van der Waals surface area contributed by atoms with Gasteiger partial charge in [-0.3, -0.25) is 4.79 Å². The number of halogens is 3. The molecule has 1 unspecified atom stereocenters. The van der Waals surface area contributed by atoms with E-state index >= 15 is 0 Å². The molecule has 1 aromatic carbocycles. The van der Waals surface area contributed by atoms with Crippen LogP contribution in [0.15, 0.2) is 18.2 Å². The van der Waals surface area contributed by atoms with Gasteiger partial charge in [-0.1, -0.05) is 6.07 Å². The smallest absolute Gasteiger partial charge is 0.471 e. The molecule has 20 heavy (non-hydrogen) atoms. The van der Waals surface area contributed by atoms with Gasteiger partial charge in [-0.25, -0.2) is 4.79 Å². The molecule has 1 amide bonds. The molecule has 0 spiro atoms. The van der Waals surface area contributed by atoms with Gasteiger partial charge >= 0.3 is 18.1 Å². The minimum absolute atomic E-state index is 0.0738. The van der Waals surface area contributed by atoms with Crippen LogP contribution in [-0.2, 0) is 11.2 Å². The lowest BCUT2D eigenvalue weighted by Crippen LogP contribution is -2.45. The third kappa shape index (κ3) is 2.48. The summed E-state index contributed by atoms with van der Waals surface area (Å²) in [5.74, 6) is -2.95. The van der Waals surface area contributed by atoms with Crippen molar-refractivity contribution in [3.8, 4) is 0 Å². The fourth-order valence-electron chi connectivity index (χ4n) is 2.41. The van der Waals surface area contributed by atoms with E-state index in [4.69, 9.17) is 5.11 Å². The number of nitrogens with zero attached hydrogens (tertiary/aromatic N) is 1. The largest absolute Gasteiger partial charge is 0.478 e. The number of benzene rings is 1. The van der Waals surface area contributed by atoms with Crippen LogP contribution in [0.1, 0.15) is 34.5 Å². The van der Waals surface area contributed by atoms with E-state index in [1.807, 2.05) is 0 Å². The lowest BCUT2D eigenvalue weighted by molar-refractivity contribution is -0.188. The van der Waals surface area contributed by atoms with E-state index in [1.54, 1.807) is 0 Å². The first-order valence-electron chi connectivity index (χ1n) is 5.95. The molecule has 1 N–H and O–H groups in total. The highest BCUT2D eigenvalue weighted by molar-refractivity contribution is 5.88. The van der Waals surface area contributed by atoms with Gasteiger partial charge in [-0.05, 0) is 36.6 Å². The molecular formula is C13H12F3NO3. The molecule has 108 valence electrons. The van der Waals surface area contributed by atoms with Crippen LogP contribution in [-0.4, -0.2) is 34.6 Å². The second-order valence-corrected chi connectivity index (χ2v) is 4.64. The van der Waals surface area contributed by atoms with Crippen LogP contribution in [0.2, 0.25) is 0 Å². The Kier molecular flexibility index (Phi) is 3.45. The topological polar surface area (TPSA) is 57.6 Å². The SMILES string of the molecule is CC1c2ccc(C(=O)O)cc2CCN1C(=O)C(F)(F)F. The Morgan fingerprint density at radius 1 is 1.35 bits per heavy atom. The summed E-state index contributed by atoms with van der Waals surface area (Å²) in [6.45, 7) is 1.43. The van der Waals surface area contributed by atoms with Gasteiger partial charge in [0.05, 0.1) is 11.6 Å². The van der Waals surface area contributed by atoms with E-state index in [-0.39, 0.29) is 18.5 Å². The van der Waals surface area contributed by atoms with Crippen molar-refractivity contribution in [2.24, 2.45) is 0 Å². The number of amides is 1. The molecule has 0 aromatic heterocycles. The van der Waals surface area contributed by atoms with Crippen molar-refractivity contribution in [2.45, 2.75) is 25.6 Å². The molecule has 0 aliphatic carbocycles. The molecule has 1 aromatic rings. The Balaban J connectivity index is 2.33. The molecule has 4 nitrogen and oxygen atoms in total. The van der Waals surface area contributed by atoms with Gasteiger partial charge in [-0.2, -0.15) is 13.2 Å². The van der Waals surface area contributed by atoms with Crippen LogP contribution >= 0.6 is 0 Å². The third-order valence-electron chi connectivity index (χ3n) is 3.43. The van der Waals surface area contributed by atoms with Crippen LogP contribution < -0.4 is 0 Å². The van der Waals surface area contributed by atoms with E-state index in [1.165, 1.54) is 25.1 Å². The summed E-state index contributed by atoms with van der Waals surface area (Å²) >= 11 is 0. The first-order valence-corrected chi connectivity index (χ1v) is 5.95. The molecule has 0 fully saturated rings. The molecule has 7 heteroatoms. The fourth-order valence-corrected chi connectivity index (χ4v) is 2.41. The number of carbonyl (C=O) groups excluding carboxylic acids is 1. The number of aromatic carboxylic acids is 1. The Morgan fingerprint density at radius 3 is 2.55 bits per heavy atom. The quantitative estimate of drug-likeness (QED) is 0.862. The number of fused-ring (bicyclic) bond motifs is 1. The van der Waals surface area contributed by atoms with Crippen molar-refractivity contribution in [1.29, 1.82) is 0 Å². The summed E-state index contributed by atoms with van der Waals surface area (Å²) in [5, 5.41) is 8.89. The maximum atomic E-state index is 12.5. The van der Waals surface area contributed by atoms with Gasteiger partial charge in [-0.15, -0.1) is 0 Å². The summed E-state index contributed by atoms with van der Waals surface area (Å²) in [4.78, 5) is 22.9. The van der Waals surface area contributed by atoms with Gasteiger partial charge in [0, 0.05) is 6.54 Å². The van der Waals surface area contributed by atoms with Crippen molar-refractivity contribution in [2.75, 3.05) is 6.54 Å². The molecule has 0 radical (unpaired) electrons. The number of carboxylic acid groups (broad SMARTS) is 1. The standard InChI is InChI=1S/C13H12F3NO3/c1-7-10-3-2-9(11(18)19)6-8(10)4-5-17(7)12(20)13(14,15)16/h2-3,6-7H,4-5H2,1H3,(H,18,19). The molecular weight excluding hydrogens is 275 g/mol. The Bertz CT molecular complexity index is 568. The number of hydrogen-bond acceptors (Lipinski definition) is 2. The summed E-state index contributed by atoms with van der Waals surface area (Å²) in [7, 11) is 0. The van der Waals surface area contributed by atoms with Crippen LogP contribution in [0.4, 0.5) is 13.2 Å². The monoisotopic (exact) mass is 287 g/mol. The zero-order valence-corrected chi connectivity index (χ0v) is 10.6. The lowest BCUT2D eigenvalue weighted by Gasteiger charge is -2.35. The number of rotatable bonds is 1. The minimum Gasteiger partial charge on any atom is -0.478 e. The first-order chi connectivity index (χ1) is 9.21. The van der Waals surface area contributed by atoms with Gasteiger partial charge in [0.15, 0.2) is 0 Å². The fraction of sp³-hybridized carbons (Fsp3) is 0.385. The summed E-state index contributed by atoms with van der Waals surface area (Å²) in [6, 6.07) is 3.53. The van der Waals surface area contributed by atoms with E-state index < -0.39 is 24.1 Å². The molecule has 0 saturated carbocycles. The summed E-state index contributed by atoms with van der Waals surface area (Å²) in [6.07, 6.45) is -4.69. The van der Waals surface area contributed by atoms with Crippen molar-refractivity contribution in [1.82, 2.24) is 4.90 Å². The molecule has 2 rings (SSSR count). The third-order valence-corrected chi connectivity index (χ3v) is 3.43. The average molecular weight is 287 g/mol. The zero-order chi connectivity index (χ0) is 15.1. The van der Waals surface area contributed by atoms with Crippen molar-refractivity contribution in [3.63, 3.8) is 0 Å². The second kappa shape index (κ2) is 4.81. The highest BCUT2D eigenvalue weighted by Gasteiger charge is 2.45.